The van der Waals surface area contributed by atoms with Crippen LogP contribution in [0.4, 0.5) is 0 Å². The van der Waals surface area contributed by atoms with Crippen LogP contribution in [0.2, 0.25) is 0 Å². The number of hydrogen-bond acceptors (Lipinski definition) is 4. The Kier molecular flexibility index (Phi) is 12.9. The number of benzene rings is 1. The van der Waals surface area contributed by atoms with E-state index < -0.39 is 10.0 Å². The van der Waals surface area contributed by atoms with Gasteiger partial charge in [-0.05, 0) is 37.0 Å². The summed E-state index contributed by atoms with van der Waals surface area (Å²) < 4.78 is 31.1. The summed E-state index contributed by atoms with van der Waals surface area (Å²) in [6.07, 6.45) is 1.13. The molecule has 1 aromatic rings. The standard InChI is InChI=1S/C19H34N4O3S.HI/c1-7-26-18(15(2)3)12-13-21-19(20-4)22-14-16-8-10-17(11-9-16)27(24,25)23(5)6;/h8-11,15,18H,7,12-14H2,1-6H3,(H2,20,21,22);1H. The van der Waals surface area contributed by atoms with E-state index in [0.29, 0.717) is 18.4 Å². The molecule has 1 aromatic carbocycles. The Hall–Kier alpha value is -0.910. The molecule has 7 nitrogen and oxygen atoms in total. The van der Waals surface area contributed by atoms with Crippen molar-refractivity contribution in [3.05, 3.63) is 29.8 Å². The first-order valence-electron chi connectivity index (χ1n) is 9.30. The molecule has 0 radical (unpaired) electrons. The van der Waals surface area contributed by atoms with Crippen molar-refractivity contribution in [2.45, 2.75) is 44.7 Å². The number of aliphatic imine (C=N–C) groups is 1. The Bertz CT molecular complexity index is 692. The van der Waals surface area contributed by atoms with Gasteiger partial charge in [0.2, 0.25) is 10.0 Å². The van der Waals surface area contributed by atoms with Crippen molar-refractivity contribution in [1.29, 1.82) is 0 Å². The van der Waals surface area contributed by atoms with Gasteiger partial charge >= 0.3 is 0 Å². The summed E-state index contributed by atoms with van der Waals surface area (Å²) in [6, 6.07) is 6.86. The molecular formula is C19H35IN4O3S. The predicted molar refractivity (Wildman–Crippen MR) is 126 cm³/mol. The molecule has 0 aliphatic rings. The summed E-state index contributed by atoms with van der Waals surface area (Å²) in [5, 5.41) is 6.53. The third kappa shape index (κ3) is 8.62. The second-order valence-corrected chi connectivity index (χ2v) is 8.96. The summed E-state index contributed by atoms with van der Waals surface area (Å²) in [6.45, 7) is 8.37. The molecule has 1 atom stereocenters. The number of rotatable bonds is 10. The molecule has 0 aromatic heterocycles. The minimum Gasteiger partial charge on any atom is -0.378 e. The average Bonchev–Trinajstić information content (AvgIpc) is 2.63. The highest BCUT2D eigenvalue weighted by molar-refractivity contribution is 14.0. The van der Waals surface area contributed by atoms with Crippen LogP contribution in [-0.2, 0) is 21.3 Å². The summed E-state index contributed by atoms with van der Waals surface area (Å²) in [5.74, 6) is 1.18. The quantitative estimate of drug-likeness (QED) is 0.278. The Morgan fingerprint density at radius 3 is 2.25 bits per heavy atom. The van der Waals surface area contributed by atoms with Gasteiger partial charge < -0.3 is 15.4 Å². The van der Waals surface area contributed by atoms with Gasteiger partial charge in [0.15, 0.2) is 5.96 Å². The van der Waals surface area contributed by atoms with Gasteiger partial charge in [-0.3, -0.25) is 4.99 Å². The topological polar surface area (TPSA) is 83.0 Å². The molecule has 0 spiro atoms. The number of hydrogen-bond donors (Lipinski definition) is 2. The smallest absolute Gasteiger partial charge is 0.242 e. The van der Waals surface area contributed by atoms with Crippen LogP contribution in [0.5, 0.6) is 0 Å². The van der Waals surface area contributed by atoms with E-state index in [2.05, 4.69) is 29.5 Å². The fraction of sp³-hybridized carbons (Fsp3) is 0.632. The Morgan fingerprint density at radius 2 is 1.79 bits per heavy atom. The van der Waals surface area contributed by atoms with Crippen molar-refractivity contribution in [2.75, 3.05) is 34.3 Å². The summed E-state index contributed by atoms with van der Waals surface area (Å²) in [4.78, 5) is 4.51. The van der Waals surface area contributed by atoms with E-state index in [0.717, 1.165) is 25.1 Å². The lowest BCUT2D eigenvalue weighted by Crippen LogP contribution is -2.38. The second kappa shape index (κ2) is 13.3. The number of sulfonamides is 1. The van der Waals surface area contributed by atoms with Gasteiger partial charge in [0, 0.05) is 40.8 Å². The van der Waals surface area contributed by atoms with Gasteiger partial charge in [-0.25, -0.2) is 12.7 Å². The van der Waals surface area contributed by atoms with E-state index in [1.54, 1.807) is 31.3 Å². The van der Waals surface area contributed by atoms with Crippen LogP contribution in [0.25, 0.3) is 0 Å². The number of ether oxygens (including phenoxy) is 1. The molecular weight excluding hydrogens is 491 g/mol. The Morgan fingerprint density at radius 1 is 1.18 bits per heavy atom. The largest absolute Gasteiger partial charge is 0.378 e. The number of guanidine groups is 1. The maximum atomic E-state index is 12.1. The van der Waals surface area contributed by atoms with Gasteiger partial charge in [-0.15, -0.1) is 24.0 Å². The molecule has 1 unspecified atom stereocenters. The molecule has 0 saturated heterocycles. The highest BCUT2D eigenvalue weighted by Crippen LogP contribution is 2.14. The number of nitrogens with zero attached hydrogens (tertiary/aromatic N) is 2. The van der Waals surface area contributed by atoms with Crippen molar-refractivity contribution in [3.8, 4) is 0 Å². The number of halogens is 1. The van der Waals surface area contributed by atoms with Gasteiger partial charge in [-0.2, -0.15) is 0 Å². The van der Waals surface area contributed by atoms with Crippen LogP contribution in [0.15, 0.2) is 34.2 Å². The summed E-state index contributed by atoms with van der Waals surface area (Å²) >= 11 is 0. The average molecular weight is 526 g/mol. The van der Waals surface area contributed by atoms with Crippen LogP contribution < -0.4 is 10.6 Å². The minimum absolute atomic E-state index is 0. The van der Waals surface area contributed by atoms with Crippen molar-refractivity contribution >= 4 is 40.0 Å². The highest BCUT2D eigenvalue weighted by Gasteiger charge is 2.16. The maximum absolute atomic E-state index is 12.1. The Balaban J connectivity index is 0.00000729. The van der Waals surface area contributed by atoms with Gasteiger partial charge in [0.25, 0.3) is 0 Å². The molecule has 0 amide bonds. The third-order valence-electron chi connectivity index (χ3n) is 4.23. The SMILES string of the molecule is CCOC(CCNC(=NC)NCc1ccc(S(=O)(=O)N(C)C)cc1)C(C)C.I. The summed E-state index contributed by atoms with van der Waals surface area (Å²) in [5.41, 5.74) is 0.977. The molecule has 162 valence electrons. The zero-order chi connectivity index (χ0) is 20.4. The third-order valence-corrected chi connectivity index (χ3v) is 6.06. The van der Waals surface area contributed by atoms with Crippen molar-refractivity contribution < 1.29 is 13.2 Å². The number of nitrogens with one attached hydrogen (secondary N) is 2. The van der Waals surface area contributed by atoms with E-state index in [1.165, 1.54) is 18.4 Å². The van der Waals surface area contributed by atoms with Crippen LogP contribution in [-0.4, -0.2) is 59.1 Å². The minimum atomic E-state index is -3.40. The van der Waals surface area contributed by atoms with Crippen molar-refractivity contribution in [2.24, 2.45) is 10.9 Å². The zero-order valence-electron chi connectivity index (χ0n) is 17.7. The maximum Gasteiger partial charge on any atom is 0.242 e. The first-order chi connectivity index (χ1) is 12.7. The van der Waals surface area contributed by atoms with Gasteiger partial charge in [-0.1, -0.05) is 26.0 Å². The normalized spacial score (nSPS) is 13.4. The lowest BCUT2D eigenvalue weighted by molar-refractivity contribution is 0.0258. The van der Waals surface area contributed by atoms with Crippen molar-refractivity contribution in [1.82, 2.24) is 14.9 Å². The first kappa shape index (κ1) is 27.1. The fourth-order valence-corrected chi connectivity index (χ4v) is 3.45. The molecule has 28 heavy (non-hydrogen) atoms. The zero-order valence-corrected chi connectivity index (χ0v) is 20.9. The monoisotopic (exact) mass is 526 g/mol. The van der Waals surface area contributed by atoms with Crippen LogP contribution >= 0.6 is 24.0 Å². The molecule has 1 rings (SSSR count). The van der Waals surface area contributed by atoms with E-state index >= 15 is 0 Å². The second-order valence-electron chi connectivity index (χ2n) is 6.81. The molecule has 9 heteroatoms. The molecule has 0 saturated carbocycles. The molecule has 2 N–H and O–H groups in total. The summed E-state index contributed by atoms with van der Waals surface area (Å²) in [7, 11) is 1.38. The lowest BCUT2D eigenvalue weighted by atomic mass is 10.0. The molecule has 0 fully saturated rings. The van der Waals surface area contributed by atoms with Gasteiger partial charge in [0.05, 0.1) is 11.0 Å². The van der Waals surface area contributed by atoms with Crippen molar-refractivity contribution in [3.63, 3.8) is 0 Å². The predicted octanol–water partition coefficient (Wildman–Crippen LogP) is 2.67. The first-order valence-corrected chi connectivity index (χ1v) is 10.7. The Labute approximate surface area is 187 Å². The van der Waals surface area contributed by atoms with E-state index in [4.69, 9.17) is 4.74 Å². The van der Waals surface area contributed by atoms with E-state index in [9.17, 15) is 8.42 Å². The lowest BCUT2D eigenvalue weighted by Gasteiger charge is -2.21. The highest BCUT2D eigenvalue weighted by atomic mass is 127. The molecule has 0 aliphatic heterocycles. The van der Waals surface area contributed by atoms with E-state index in [1.807, 2.05) is 6.92 Å². The van der Waals surface area contributed by atoms with Crippen LogP contribution in [0.3, 0.4) is 0 Å². The van der Waals surface area contributed by atoms with Crippen LogP contribution in [0, 0.1) is 5.92 Å². The van der Waals surface area contributed by atoms with E-state index in [-0.39, 0.29) is 35.0 Å². The molecule has 0 heterocycles. The van der Waals surface area contributed by atoms with Gasteiger partial charge in [0.1, 0.15) is 0 Å². The fourth-order valence-electron chi connectivity index (χ4n) is 2.55. The molecule has 0 aliphatic carbocycles. The van der Waals surface area contributed by atoms with Crippen LogP contribution in [0.1, 0.15) is 32.8 Å². The molecule has 0 bridgehead atoms.